The number of nitrogens with one attached hydrogen (secondary N) is 1. The van der Waals surface area contributed by atoms with Gasteiger partial charge in [-0.2, -0.15) is 13.2 Å². The smallest absolute Gasteiger partial charge is 0.435 e. The van der Waals surface area contributed by atoms with Crippen molar-refractivity contribution in [1.29, 1.82) is 0 Å². The first-order valence-electron chi connectivity index (χ1n) is 8.93. The van der Waals surface area contributed by atoms with Crippen LogP contribution >= 0.6 is 0 Å². The van der Waals surface area contributed by atoms with E-state index in [4.69, 9.17) is 0 Å². The third-order valence-electron chi connectivity index (χ3n) is 4.20. The van der Waals surface area contributed by atoms with E-state index < -0.39 is 41.4 Å². The third-order valence-corrected chi connectivity index (χ3v) is 5.37. The number of ether oxygens (including phenoxy) is 1. The van der Waals surface area contributed by atoms with Gasteiger partial charge in [0.1, 0.15) is 17.6 Å². The molecule has 4 nitrogen and oxygen atoms in total. The van der Waals surface area contributed by atoms with Crippen LogP contribution in [0.5, 0.6) is 0 Å². The molecule has 0 aliphatic heterocycles. The number of hydrogen-bond acceptors (Lipinski definition) is 3. The number of carbonyl (C=O) groups excluding carboxylic acids is 1. The average molecular weight is 443 g/mol. The summed E-state index contributed by atoms with van der Waals surface area (Å²) in [6.07, 6.45) is -3.69. The Morgan fingerprint density at radius 3 is 2.23 bits per heavy atom. The van der Waals surface area contributed by atoms with Crippen LogP contribution in [-0.2, 0) is 27.1 Å². The van der Waals surface area contributed by atoms with Gasteiger partial charge >= 0.3 is 17.8 Å². The fourth-order valence-electron chi connectivity index (χ4n) is 2.54. The van der Waals surface area contributed by atoms with Crippen molar-refractivity contribution in [3.8, 4) is 0 Å². The molecule has 1 N–H and O–H groups in total. The first-order chi connectivity index (χ1) is 14.1. The molecule has 0 spiro atoms. The minimum atomic E-state index is -5.62. The minimum absolute atomic E-state index is 0.136. The lowest BCUT2D eigenvalue weighted by Crippen LogP contribution is -2.61. The summed E-state index contributed by atoms with van der Waals surface area (Å²) in [5.41, 5.74) is -3.20. The van der Waals surface area contributed by atoms with Crippen LogP contribution in [0.2, 0.25) is 0 Å². The lowest BCUT2D eigenvalue weighted by atomic mass is 9.95. The SMILES string of the molecule is C/C=C/[C@H](N[S@@](=O)c1ccc(C)cc1)[C@](F)(C(=O)OCc1ccccc1)C(F)(F)F. The average Bonchev–Trinajstić information content (AvgIpc) is 2.71. The Bertz CT molecular complexity index is 901. The zero-order chi connectivity index (χ0) is 22.4. The number of rotatable bonds is 8. The molecule has 2 aromatic rings. The van der Waals surface area contributed by atoms with Crippen LogP contribution in [0.15, 0.2) is 71.6 Å². The maximum absolute atomic E-state index is 15.3. The lowest BCUT2D eigenvalue weighted by molar-refractivity contribution is -0.243. The van der Waals surface area contributed by atoms with Crippen molar-refractivity contribution < 1.29 is 31.3 Å². The summed E-state index contributed by atoms with van der Waals surface area (Å²) in [5.74, 6) is -2.12. The van der Waals surface area contributed by atoms with E-state index in [0.29, 0.717) is 5.56 Å². The number of benzene rings is 2. The van der Waals surface area contributed by atoms with Gasteiger partial charge in [0.05, 0.1) is 10.9 Å². The van der Waals surface area contributed by atoms with Gasteiger partial charge in [-0.1, -0.05) is 60.2 Å². The second-order valence-electron chi connectivity index (χ2n) is 6.47. The summed E-state index contributed by atoms with van der Waals surface area (Å²) in [4.78, 5) is 12.4. The summed E-state index contributed by atoms with van der Waals surface area (Å²) in [7, 11) is -2.21. The molecule has 9 heteroatoms. The zero-order valence-corrected chi connectivity index (χ0v) is 17.1. The van der Waals surface area contributed by atoms with E-state index in [1.165, 1.54) is 31.2 Å². The number of allylic oxidation sites excluding steroid dienone is 1. The maximum Gasteiger partial charge on any atom is 0.435 e. The number of hydrogen-bond donors (Lipinski definition) is 1. The van der Waals surface area contributed by atoms with E-state index >= 15 is 4.39 Å². The molecule has 0 amide bonds. The Morgan fingerprint density at radius 2 is 1.70 bits per heavy atom. The van der Waals surface area contributed by atoms with Gasteiger partial charge in [0.15, 0.2) is 0 Å². The highest BCUT2D eigenvalue weighted by Gasteiger charge is 2.67. The number of aryl methyl sites for hydroxylation is 1. The van der Waals surface area contributed by atoms with Crippen LogP contribution in [0.4, 0.5) is 17.6 Å². The largest absolute Gasteiger partial charge is 0.458 e. The number of carbonyl (C=O) groups is 1. The molecule has 0 aromatic heterocycles. The van der Waals surface area contributed by atoms with Crippen LogP contribution in [0.1, 0.15) is 18.1 Å². The van der Waals surface area contributed by atoms with Gasteiger partial charge in [-0.3, -0.25) is 0 Å². The molecule has 0 unspecified atom stereocenters. The molecule has 162 valence electrons. The molecule has 0 saturated carbocycles. The van der Waals surface area contributed by atoms with Gasteiger partial charge in [-0.25, -0.2) is 18.1 Å². The highest BCUT2D eigenvalue weighted by atomic mass is 32.2. The van der Waals surface area contributed by atoms with E-state index in [2.05, 4.69) is 9.46 Å². The molecule has 2 rings (SSSR count). The highest BCUT2D eigenvalue weighted by Crippen LogP contribution is 2.39. The van der Waals surface area contributed by atoms with E-state index in [-0.39, 0.29) is 4.90 Å². The van der Waals surface area contributed by atoms with Gasteiger partial charge < -0.3 is 4.74 Å². The summed E-state index contributed by atoms with van der Waals surface area (Å²) in [6, 6.07) is 11.7. The van der Waals surface area contributed by atoms with Crippen molar-refractivity contribution >= 4 is 17.0 Å². The molecule has 3 atom stereocenters. The van der Waals surface area contributed by atoms with Crippen LogP contribution in [0, 0.1) is 6.92 Å². The van der Waals surface area contributed by atoms with E-state index in [1.807, 2.05) is 0 Å². The molecule has 0 aliphatic carbocycles. The van der Waals surface area contributed by atoms with E-state index in [1.54, 1.807) is 37.3 Å². The quantitative estimate of drug-likeness (QED) is 0.370. The normalized spacial score (nSPS) is 16.1. The Hall–Kier alpha value is -2.52. The maximum atomic E-state index is 15.3. The topological polar surface area (TPSA) is 55.4 Å². The molecule has 0 bridgehead atoms. The fourth-order valence-corrected chi connectivity index (χ4v) is 3.53. The molecular formula is C21H21F4NO3S. The molecule has 0 radical (unpaired) electrons. The zero-order valence-electron chi connectivity index (χ0n) is 16.3. The minimum Gasteiger partial charge on any atom is -0.458 e. The van der Waals surface area contributed by atoms with Crippen molar-refractivity contribution in [2.45, 2.75) is 43.2 Å². The summed E-state index contributed by atoms with van der Waals surface area (Å²) in [6.45, 7) is 2.60. The predicted octanol–water partition coefficient (Wildman–Crippen LogP) is 4.57. The van der Waals surface area contributed by atoms with Crippen LogP contribution < -0.4 is 4.72 Å². The molecule has 2 aromatic carbocycles. The summed E-state index contributed by atoms with van der Waals surface area (Å²) < 4.78 is 75.7. The van der Waals surface area contributed by atoms with Crippen molar-refractivity contribution in [1.82, 2.24) is 4.72 Å². The molecule has 0 saturated heterocycles. The van der Waals surface area contributed by atoms with Crippen LogP contribution in [0.25, 0.3) is 0 Å². The molecule has 0 aliphatic rings. The second kappa shape index (κ2) is 9.99. The van der Waals surface area contributed by atoms with E-state index in [0.717, 1.165) is 17.7 Å². The van der Waals surface area contributed by atoms with Crippen LogP contribution in [0.3, 0.4) is 0 Å². The molecule has 0 heterocycles. The second-order valence-corrected chi connectivity index (χ2v) is 7.72. The van der Waals surface area contributed by atoms with Crippen molar-refractivity contribution in [3.63, 3.8) is 0 Å². The Balaban J connectivity index is 2.30. The highest BCUT2D eigenvalue weighted by molar-refractivity contribution is 7.83. The van der Waals surface area contributed by atoms with Gasteiger partial charge in [0, 0.05) is 0 Å². The van der Waals surface area contributed by atoms with Gasteiger partial charge in [0.2, 0.25) is 0 Å². The first kappa shape index (κ1) is 23.8. The Kier molecular flexibility index (Phi) is 7.91. The van der Waals surface area contributed by atoms with Crippen molar-refractivity contribution in [2.24, 2.45) is 0 Å². The van der Waals surface area contributed by atoms with E-state index in [9.17, 15) is 22.2 Å². The van der Waals surface area contributed by atoms with Crippen LogP contribution in [-0.4, -0.2) is 28.1 Å². The third kappa shape index (κ3) is 5.54. The molecule has 30 heavy (non-hydrogen) atoms. The first-order valence-corrected chi connectivity index (χ1v) is 10.1. The fraction of sp³-hybridized carbons (Fsp3) is 0.286. The molecule has 0 fully saturated rings. The molecular weight excluding hydrogens is 422 g/mol. The summed E-state index contributed by atoms with van der Waals surface area (Å²) in [5, 5.41) is 0. The van der Waals surface area contributed by atoms with Gasteiger partial charge in [0.25, 0.3) is 0 Å². The predicted molar refractivity (Wildman–Crippen MR) is 105 cm³/mol. The number of halogens is 4. The Morgan fingerprint density at radius 1 is 1.10 bits per heavy atom. The number of esters is 1. The van der Waals surface area contributed by atoms with Crippen molar-refractivity contribution in [2.75, 3.05) is 0 Å². The number of alkyl halides is 4. The van der Waals surface area contributed by atoms with Gasteiger partial charge in [-0.15, -0.1) is 0 Å². The van der Waals surface area contributed by atoms with Gasteiger partial charge in [-0.05, 0) is 31.5 Å². The monoisotopic (exact) mass is 443 g/mol. The lowest BCUT2D eigenvalue weighted by Gasteiger charge is -2.31. The summed E-state index contributed by atoms with van der Waals surface area (Å²) >= 11 is 0. The standard InChI is InChI=1S/C21H21F4NO3S/c1-3-7-18(26-30(28)17-12-10-15(2)11-13-17)20(22,21(23,24)25)19(27)29-14-16-8-5-4-6-9-16/h3-13,18,26H,14H2,1-2H3/b7-3+/t18-,20-,30-/m0/s1. The van der Waals surface area contributed by atoms with Crippen molar-refractivity contribution in [3.05, 3.63) is 77.9 Å². The Labute approximate surface area is 174 Å².